The summed E-state index contributed by atoms with van der Waals surface area (Å²) in [5, 5.41) is 11.6. The molecule has 0 aliphatic heterocycles. The van der Waals surface area contributed by atoms with Crippen LogP contribution in [-0.2, 0) is 19.0 Å². The molecule has 2 atom stereocenters. The molecule has 0 fully saturated rings. The Labute approximate surface area is 203 Å². The molecule has 2 rings (SSSR count). The Morgan fingerprint density at radius 1 is 1.09 bits per heavy atom. The van der Waals surface area contributed by atoms with Gasteiger partial charge in [0.05, 0.1) is 19.0 Å². The number of nitrogens with one attached hydrogen (secondary N) is 1. The molecular formula is C24H29NO8S. The van der Waals surface area contributed by atoms with Crippen molar-refractivity contribution in [3.8, 4) is 5.75 Å². The molecule has 0 aromatic heterocycles. The van der Waals surface area contributed by atoms with Gasteiger partial charge in [-0.1, -0.05) is 12.1 Å². The van der Waals surface area contributed by atoms with Crippen LogP contribution in [0.15, 0.2) is 48.5 Å². The summed E-state index contributed by atoms with van der Waals surface area (Å²) in [6.45, 7) is 1.47. The molecular weight excluding hydrogens is 462 g/mol. The van der Waals surface area contributed by atoms with Crippen LogP contribution in [0.2, 0.25) is 0 Å². The summed E-state index contributed by atoms with van der Waals surface area (Å²) in [5.41, 5.74) is 1.56. The molecule has 2 aromatic carbocycles. The van der Waals surface area contributed by atoms with E-state index in [1.807, 2.05) is 0 Å². The number of methoxy groups -OCH3 is 1. The predicted molar refractivity (Wildman–Crippen MR) is 129 cm³/mol. The number of anilines is 1. The first-order valence-electron chi connectivity index (χ1n) is 10.6. The number of aliphatic hydroxyl groups excluding tert-OH is 1. The summed E-state index contributed by atoms with van der Waals surface area (Å²) in [4.78, 5) is 35.6. The van der Waals surface area contributed by atoms with Gasteiger partial charge in [-0.05, 0) is 48.9 Å². The van der Waals surface area contributed by atoms with Gasteiger partial charge in [-0.25, -0.2) is 4.79 Å². The topological polar surface area (TPSA) is 120 Å². The summed E-state index contributed by atoms with van der Waals surface area (Å²) < 4.78 is 21.8. The van der Waals surface area contributed by atoms with E-state index in [1.54, 1.807) is 48.5 Å². The van der Waals surface area contributed by atoms with Crippen LogP contribution in [0.4, 0.5) is 10.5 Å². The van der Waals surface area contributed by atoms with Crippen LogP contribution in [0.1, 0.15) is 35.4 Å². The number of amides is 1. The van der Waals surface area contributed by atoms with Gasteiger partial charge in [0.1, 0.15) is 18.5 Å². The SMILES string of the molecule is CO[C@H](CCOC(=O)CS)[C@H](OC(=O)Nc1ccc(C(C)=O)cc1)c1cccc(OCCO)c1. The van der Waals surface area contributed by atoms with Crippen molar-refractivity contribution in [1.29, 1.82) is 0 Å². The van der Waals surface area contributed by atoms with E-state index in [4.69, 9.17) is 24.1 Å². The summed E-state index contributed by atoms with van der Waals surface area (Å²) in [6, 6.07) is 13.3. The summed E-state index contributed by atoms with van der Waals surface area (Å²) in [7, 11) is 1.46. The van der Waals surface area contributed by atoms with Crippen molar-refractivity contribution in [3.63, 3.8) is 0 Å². The number of ether oxygens (including phenoxy) is 4. The summed E-state index contributed by atoms with van der Waals surface area (Å²) >= 11 is 3.88. The van der Waals surface area contributed by atoms with Crippen molar-refractivity contribution in [2.24, 2.45) is 0 Å². The lowest BCUT2D eigenvalue weighted by molar-refractivity contribution is -0.141. The zero-order valence-electron chi connectivity index (χ0n) is 19.1. The average Bonchev–Trinajstić information content (AvgIpc) is 2.84. The highest BCUT2D eigenvalue weighted by molar-refractivity contribution is 7.81. The summed E-state index contributed by atoms with van der Waals surface area (Å²) in [5.74, 6) is -0.121. The van der Waals surface area contributed by atoms with Crippen molar-refractivity contribution >= 4 is 36.2 Å². The third-order valence-electron chi connectivity index (χ3n) is 4.75. The molecule has 0 spiro atoms. The standard InChI is InChI=1S/C24H29NO8S/c1-16(27)17-6-8-19(9-7-17)25-24(29)33-23(21(30-2)10-12-32-22(28)15-34)18-4-3-5-20(14-18)31-13-11-26/h3-9,14,21,23,26,34H,10-13,15H2,1-2H3,(H,25,29)/t21-,23-/m1/s1. The van der Waals surface area contributed by atoms with E-state index in [-0.39, 0.29) is 37.8 Å². The maximum atomic E-state index is 12.7. The van der Waals surface area contributed by atoms with Crippen molar-refractivity contribution in [2.75, 3.05) is 38.0 Å². The van der Waals surface area contributed by atoms with Gasteiger partial charge in [0, 0.05) is 24.8 Å². The number of carbonyl (C=O) groups is 3. The van der Waals surface area contributed by atoms with Crippen molar-refractivity contribution < 1.29 is 38.4 Å². The minimum Gasteiger partial charge on any atom is -0.491 e. The predicted octanol–water partition coefficient (Wildman–Crippen LogP) is 3.43. The van der Waals surface area contributed by atoms with Gasteiger partial charge in [-0.15, -0.1) is 0 Å². The van der Waals surface area contributed by atoms with Crippen LogP contribution in [0, 0.1) is 0 Å². The Balaban J connectivity index is 2.20. The molecule has 2 N–H and O–H groups in total. The number of hydrogen-bond donors (Lipinski definition) is 3. The fourth-order valence-corrected chi connectivity index (χ4v) is 3.17. The van der Waals surface area contributed by atoms with Gasteiger partial charge < -0.3 is 24.1 Å². The lowest BCUT2D eigenvalue weighted by atomic mass is 10.0. The fraction of sp³-hybridized carbons (Fsp3) is 0.375. The van der Waals surface area contributed by atoms with Crippen LogP contribution in [0.3, 0.4) is 0 Å². The number of benzene rings is 2. The highest BCUT2D eigenvalue weighted by atomic mass is 32.1. The van der Waals surface area contributed by atoms with Crippen LogP contribution in [0.5, 0.6) is 5.75 Å². The summed E-state index contributed by atoms with van der Waals surface area (Å²) in [6.07, 6.45) is -2.00. The average molecular weight is 492 g/mol. The molecule has 0 bridgehead atoms. The van der Waals surface area contributed by atoms with E-state index in [0.717, 1.165) is 0 Å². The second kappa shape index (κ2) is 14.2. The van der Waals surface area contributed by atoms with E-state index >= 15 is 0 Å². The Morgan fingerprint density at radius 3 is 2.44 bits per heavy atom. The fourth-order valence-electron chi connectivity index (χ4n) is 3.08. The Hall–Kier alpha value is -3.08. The number of ketones is 1. The third kappa shape index (κ3) is 8.69. The third-order valence-corrected chi connectivity index (χ3v) is 5.01. The van der Waals surface area contributed by atoms with Crippen LogP contribution < -0.4 is 10.1 Å². The van der Waals surface area contributed by atoms with Gasteiger partial charge in [0.25, 0.3) is 0 Å². The number of hydrogen-bond acceptors (Lipinski definition) is 9. The van der Waals surface area contributed by atoms with Gasteiger partial charge in [0.15, 0.2) is 11.9 Å². The maximum Gasteiger partial charge on any atom is 0.412 e. The van der Waals surface area contributed by atoms with E-state index in [2.05, 4.69) is 17.9 Å². The lowest BCUT2D eigenvalue weighted by Gasteiger charge is -2.27. The van der Waals surface area contributed by atoms with E-state index in [9.17, 15) is 14.4 Å². The molecule has 2 aromatic rings. The Kier molecular flexibility index (Phi) is 11.4. The maximum absolute atomic E-state index is 12.7. The first kappa shape index (κ1) is 27.2. The molecule has 184 valence electrons. The van der Waals surface area contributed by atoms with Gasteiger partial charge in [-0.2, -0.15) is 12.6 Å². The highest BCUT2D eigenvalue weighted by Gasteiger charge is 2.28. The first-order chi connectivity index (χ1) is 16.4. The number of Topliss-reactive ketones (excluding diaryl/α,β-unsaturated/α-hetero) is 1. The zero-order chi connectivity index (χ0) is 24.9. The molecule has 10 heteroatoms. The Morgan fingerprint density at radius 2 is 1.82 bits per heavy atom. The number of esters is 1. The monoisotopic (exact) mass is 491 g/mol. The first-order valence-corrected chi connectivity index (χ1v) is 11.2. The largest absolute Gasteiger partial charge is 0.491 e. The molecule has 0 saturated heterocycles. The van der Waals surface area contributed by atoms with Gasteiger partial charge in [-0.3, -0.25) is 14.9 Å². The normalized spacial score (nSPS) is 12.4. The second-order valence-electron chi connectivity index (χ2n) is 7.17. The quantitative estimate of drug-likeness (QED) is 0.221. The van der Waals surface area contributed by atoms with E-state index in [0.29, 0.717) is 22.6 Å². The zero-order valence-corrected chi connectivity index (χ0v) is 20.0. The molecule has 0 aliphatic rings. The van der Waals surface area contributed by atoms with Crippen LogP contribution in [0.25, 0.3) is 0 Å². The molecule has 0 aliphatic carbocycles. The number of thiol groups is 1. The minimum absolute atomic E-state index is 0.0482. The van der Waals surface area contributed by atoms with Crippen molar-refractivity contribution in [1.82, 2.24) is 0 Å². The molecule has 0 unspecified atom stereocenters. The molecule has 9 nitrogen and oxygen atoms in total. The van der Waals surface area contributed by atoms with Gasteiger partial charge >= 0.3 is 12.1 Å². The smallest absolute Gasteiger partial charge is 0.412 e. The molecule has 1 amide bonds. The molecule has 0 heterocycles. The number of aliphatic hydroxyl groups is 1. The van der Waals surface area contributed by atoms with Crippen molar-refractivity contribution in [3.05, 3.63) is 59.7 Å². The van der Waals surface area contributed by atoms with Crippen molar-refractivity contribution in [2.45, 2.75) is 25.6 Å². The van der Waals surface area contributed by atoms with E-state index < -0.39 is 24.3 Å². The molecule has 0 saturated carbocycles. The highest BCUT2D eigenvalue weighted by Crippen LogP contribution is 2.29. The number of rotatable bonds is 13. The second-order valence-corrected chi connectivity index (χ2v) is 7.49. The van der Waals surface area contributed by atoms with Gasteiger partial charge in [0.2, 0.25) is 0 Å². The minimum atomic E-state index is -0.867. The molecule has 0 radical (unpaired) electrons. The Bertz CT molecular complexity index is 950. The van der Waals surface area contributed by atoms with E-state index in [1.165, 1.54) is 14.0 Å². The molecule has 34 heavy (non-hydrogen) atoms. The lowest BCUT2D eigenvalue weighted by Crippen LogP contribution is -2.29. The number of carbonyl (C=O) groups excluding carboxylic acids is 3. The van der Waals surface area contributed by atoms with Crippen LogP contribution >= 0.6 is 12.6 Å². The van der Waals surface area contributed by atoms with Crippen LogP contribution in [-0.4, -0.2) is 61.7 Å².